The molecular weight excluding hydrogens is 216 g/mol. The van der Waals surface area contributed by atoms with Gasteiger partial charge in [-0.15, -0.1) is 0 Å². The van der Waals surface area contributed by atoms with E-state index in [-0.39, 0.29) is 11.2 Å². The van der Waals surface area contributed by atoms with Gasteiger partial charge in [0.05, 0.1) is 0 Å². The fourth-order valence-electron chi connectivity index (χ4n) is 1.78. The Morgan fingerprint density at radius 3 is 2.41 bits per heavy atom. The normalized spacial score (nSPS) is 10.3. The van der Waals surface area contributed by atoms with E-state index < -0.39 is 0 Å². The lowest BCUT2D eigenvalue weighted by molar-refractivity contribution is 0.796. The second-order valence-electron chi connectivity index (χ2n) is 4.27. The molecular formula is C13H20N2O2. The molecule has 0 bridgehead atoms. The fourth-order valence-corrected chi connectivity index (χ4v) is 1.78. The van der Waals surface area contributed by atoms with E-state index in [0.717, 1.165) is 25.7 Å². The second-order valence-corrected chi connectivity index (χ2v) is 4.27. The number of aromatic nitrogens is 2. The van der Waals surface area contributed by atoms with Crippen LogP contribution in [0.15, 0.2) is 21.4 Å². The van der Waals surface area contributed by atoms with E-state index in [0.29, 0.717) is 5.56 Å². The summed E-state index contributed by atoms with van der Waals surface area (Å²) in [5.41, 5.74) is 1.11. The molecule has 0 aliphatic carbocycles. The lowest BCUT2D eigenvalue weighted by Crippen LogP contribution is -2.28. The van der Waals surface area contributed by atoms with Crippen LogP contribution in [0, 0.1) is 6.92 Å². The first-order valence-corrected chi connectivity index (χ1v) is 6.10. The molecule has 0 radical (unpaired) electrons. The Morgan fingerprint density at radius 2 is 1.88 bits per heavy atom. The summed E-state index contributed by atoms with van der Waals surface area (Å²) < 4.78 is 1.47. The Labute approximate surface area is 101 Å². The van der Waals surface area contributed by atoms with Gasteiger partial charge in [0, 0.05) is 18.0 Å². The average molecular weight is 236 g/mol. The summed E-state index contributed by atoms with van der Waals surface area (Å²) in [7, 11) is 0. The molecule has 0 amide bonds. The van der Waals surface area contributed by atoms with Crippen LogP contribution in [-0.4, -0.2) is 9.55 Å². The van der Waals surface area contributed by atoms with Gasteiger partial charge in [-0.2, -0.15) is 0 Å². The summed E-state index contributed by atoms with van der Waals surface area (Å²) in [5, 5.41) is 0. The zero-order valence-corrected chi connectivity index (χ0v) is 10.7. The van der Waals surface area contributed by atoms with Crippen molar-refractivity contribution in [3.05, 3.63) is 38.2 Å². The molecule has 1 aromatic rings. The minimum absolute atomic E-state index is 0.313. The van der Waals surface area contributed by atoms with E-state index in [1.54, 1.807) is 13.1 Å². The monoisotopic (exact) mass is 236 g/mol. The van der Waals surface area contributed by atoms with Crippen LogP contribution in [-0.2, 0) is 0 Å². The Bertz CT molecular complexity index is 501. The van der Waals surface area contributed by atoms with Crippen LogP contribution >= 0.6 is 0 Å². The molecule has 1 N–H and O–H groups in total. The van der Waals surface area contributed by atoms with E-state index in [1.165, 1.54) is 10.1 Å². The molecule has 0 aliphatic heterocycles. The fraction of sp³-hybridized carbons (Fsp3) is 0.538. The van der Waals surface area contributed by atoms with Crippen LogP contribution in [0.4, 0.5) is 0 Å². The van der Waals surface area contributed by atoms with Gasteiger partial charge in [-0.05, 0) is 19.8 Å². The zero-order valence-electron chi connectivity index (χ0n) is 10.7. The highest BCUT2D eigenvalue weighted by Gasteiger charge is 2.00. The van der Waals surface area contributed by atoms with E-state index in [1.807, 2.05) is 6.20 Å². The SMILES string of the molecule is CCCC(=Cn1cc(C)c(=O)[nH]c1=O)CCC. The summed E-state index contributed by atoms with van der Waals surface area (Å²) >= 11 is 0. The second kappa shape index (κ2) is 6.23. The molecule has 0 fully saturated rings. The third kappa shape index (κ3) is 3.73. The molecule has 0 aromatic carbocycles. The van der Waals surface area contributed by atoms with Crippen molar-refractivity contribution in [2.45, 2.75) is 46.5 Å². The maximum absolute atomic E-state index is 11.6. The van der Waals surface area contributed by atoms with Crippen molar-refractivity contribution in [2.24, 2.45) is 0 Å². The third-order valence-corrected chi connectivity index (χ3v) is 2.61. The average Bonchev–Trinajstić information content (AvgIpc) is 2.26. The smallest absolute Gasteiger partial charge is 0.276 e. The predicted molar refractivity (Wildman–Crippen MR) is 70.1 cm³/mol. The van der Waals surface area contributed by atoms with Crippen molar-refractivity contribution < 1.29 is 0 Å². The third-order valence-electron chi connectivity index (χ3n) is 2.61. The van der Waals surface area contributed by atoms with E-state index in [4.69, 9.17) is 0 Å². The lowest BCUT2D eigenvalue weighted by Gasteiger charge is -2.06. The molecule has 1 heterocycles. The zero-order chi connectivity index (χ0) is 12.8. The summed E-state index contributed by atoms with van der Waals surface area (Å²) in [6.45, 7) is 5.93. The molecule has 0 unspecified atom stereocenters. The molecule has 4 heteroatoms. The van der Waals surface area contributed by atoms with Gasteiger partial charge in [-0.3, -0.25) is 14.3 Å². The highest BCUT2D eigenvalue weighted by molar-refractivity contribution is 5.31. The van der Waals surface area contributed by atoms with Gasteiger partial charge < -0.3 is 0 Å². The summed E-state index contributed by atoms with van der Waals surface area (Å²) in [6, 6.07) is 0. The quantitative estimate of drug-likeness (QED) is 0.852. The van der Waals surface area contributed by atoms with E-state index in [9.17, 15) is 9.59 Å². The van der Waals surface area contributed by atoms with Gasteiger partial charge in [0.25, 0.3) is 5.56 Å². The Hall–Kier alpha value is -1.58. The van der Waals surface area contributed by atoms with Gasteiger partial charge in [0.2, 0.25) is 0 Å². The van der Waals surface area contributed by atoms with Crippen LogP contribution < -0.4 is 11.2 Å². The minimum Gasteiger partial charge on any atom is -0.276 e. The van der Waals surface area contributed by atoms with Crippen LogP contribution in [0.2, 0.25) is 0 Å². The molecule has 0 aliphatic rings. The molecule has 94 valence electrons. The van der Waals surface area contributed by atoms with Gasteiger partial charge in [-0.1, -0.05) is 32.3 Å². The van der Waals surface area contributed by atoms with Gasteiger partial charge in [0.15, 0.2) is 0 Å². The number of nitrogens with one attached hydrogen (secondary N) is 1. The van der Waals surface area contributed by atoms with Gasteiger partial charge in [-0.25, -0.2) is 4.79 Å². The van der Waals surface area contributed by atoms with Crippen LogP contribution in [0.25, 0.3) is 6.20 Å². The van der Waals surface area contributed by atoms with Crippen molar-refractivity contribution in [3.8, 4) is 0 Å². The first-order valence-electron chi connectivity index (χ1n) is 6.10. The van der Waals surface area contributed by atoms with Crippen molar-refractivity contribution in [2.75, 3.05) is 0 Å². The highest BCUT2D eigenvalue weighted by atomic mass is 16.2. The molecule has 0 atom stereocenters. The maximum atomic E-state index is 11.6. The highest BCUT2D eigenvalue weighted by Crippen LogP contribution is 2.12. The number of aromatic amines is 1. The minimum atomic E-state index is -0.370. The number of H-pyrrole nitrogens is 1. The number of hydrogen-bond donors (Lipinski definition) is 1. The van der Waals surface area contributed by atoms with Crippen LogP contribution in [0.1, 0.15) is 45.1 Å². The largest absolute Gasteiger partial charge is 0.332 e. The van der Waals surface area contributed by atoms with Crippen LogP contribution in [0.3, 0.4) is 0 Å². The Balaban J connectivity index is 3.14. The predicted octanol–water partition coefficient (Wildman–Crippen LogP) is 2.29. The van der Waals surface area contributed by atoms with Crippen molar-refractivity contribution in [1.82, 2.24) is 9.55 Å². The molecule has 1 aromatic heterocycles. The first kappa shape index (κ1) is 13.5. The Morgan fingerprint density at radius 1 is 1.29 bits per heavy atom. The number of hydrogen-bond acceptors (Lipinski definition) is 2. The first-order chi connectivity index (χ1) is 8.08. The Kier molecular flexibility index (Phi) is 4.94. The molecule has 0 saturated heterocycles. The summed E-state index contributed by atoms with van der Waals surface area (Å²) in [6.07, 6.45) is 7.52. The molecule has 17 heavy (non-hydrogen) atoms. The van der Waals surface area contributed by atoms with Crippen molar-refractivity contribution in [1.29, 1.82) is 0 Å². The van der Waals surface area contributed by atoms with Gasteiger partial charge in [0.1, 0.15) is 0 Å². The van der Waals surface area contributed by atoms with Crippen molar-refractivity contribution >= 4 is 6.20 Å². The number of allylic oxidation sites excluding steroid dienone is 1. The lowest BCUT2D eigenvalue weighted by atomic mass is 10.1. The summed E-state index contributed by atoms with van der Waals surface area (Å²) in [5.74, 6) is 0. The van der Waals surface area contributed by atoms with Crippen molar-refractivity contribution in [3.63, 3.8) is 0 Å². The molecule has 0 saturated carbocycles. The maximum Gasteiger partial charge on any atom is 0.332 e. The molecule has 4 nitrogen and oxygen atoms in total. The summed E-state index contributed by atoms with van der Waals surface area (Å²) in [4.78, 5) is 25.1. The number of nitrogens with zero attached hydrogens (tertiary/aromatic N) is 1. The van der Waals surface area contributed by atoms with Crippen LogP contribution in [0.5, 0.6) is 0 Å². The number of aryl methyl sites for hydroxylation is 1. The topological polar surface area (TPSA) is 54.9 Å². The van der Waals surface area contributed by atoms with E-state index in [2.05, 4.69) is 18.8 Å². The molecule has 1 rings (SSSR count). The van der Waals surface area contributed by atoms with Gasteiger partial charge >= 0.3 is 5.69 Å². The molecule has 0 spiro atoms. The van der Waals surface area contributed by atoms with E-state index >= 15 is 0 Å². The standard InChI is InChI=1S/C13H20N2O2/c1-4-6-11(7-5-2)9-15-8-10(3)12(16)14-13(15)17/h8-9H,4-7H2,1-3H3,(H,14,16,17). The number of rotatable bonds is 5.